The maximum Gasteiger partial charge on any atom is 0.329 e. The lowest BCUT2D eigenvalue weighted by molar-refractivity contribution is -0.152. The summed E-state index contributed by atoms with van der Waals surface area (Å²) >= 11 is 0. The van der Waals surface area contributed by atoms with Gasteiger partial charge in [-0.3, -0.25) is 9.48 Å². The average Bonchev–Trinajstić information content (AvgIpc) is 2.90. The number of hydrogen-bond donors (Lipinski definition) is 2. The van der Waals surface area contributed by atoms with Gasteiger partial charge in [0.15, 0.2) is 0 Å². The molecule has 1 saturated heterocycles. The summed E-state index contributed by atoms with van der Waals surface area (Å²) < 4.78 is 6.66. The minimum absolute atomic E-state index is 0.166. The molecule has 2 N–H and O–H groups in total. The number of carboxylic acids is 1. The molecule has 0 radical (unpaired) electrons. The minimum Gasteiger partial charge on any atom is -0.480 e. The van der Waals surface area contributed by atoms with E-state index in [2.05, 4.69) is 15.6 Å². The highest BCUT2D eigenvalue weighted by Gasteiger charge is 2.41. The molecule has 1 aromatic rings. The number of carbonyl (C=O) groups excluding carboxylic acids is 1. The lowest BCUT2D eigenvalue weighted by Gasteiger charge is -2.33. The molecule has 1 amide bonds. The molecule has 0 aliphatic carbocycles. The molecule has 0 saturated carbocycles. The van der Waals surface area contributed by atoms with E-state index in [1.54, 1.807) is 6.20 Å². The van der Waals surface area contributed by atoms with Crippen molar-refractivity contribution in [1.29, 1.82) is 0 Å². The van der Waals surface area contributed by atoms with Crippen molar-refractivity contribution >= 4 is 11.9 Å². The zero-order valence-corrected chi connectivity index (χ0v) is 10.4. The molecule has 2 rings (SSSR count). The highest BCUT2D eigenvalue weighted by atomic mass is 16.5. The summed E-state index contributed by atoms with van der Waals surface area (Å²) in [5, 5.41) is 19.3. The summed E-state index contributed by atoms with van der Waals surface area (Å²) in [5.74, 6) is -1.32. The number of ether oxygens (including phenoxy) is 1. The van der Waals surface area contributed by atoms with E-state index in [9.17, 15) is 14.7 Å². The van der Waals surface area contributed by atoms with Crippen LogP contribution < -0.4 is 5.32 Å². The quantitative estimate of drug-likeness (QED) is 0.740. The first kappa shape index (κ1) is 13.5. The van der Waals surface area contributed by atoms with Crippen molar-refractivity contribution in [1.82, 2.24) is 20.3 Å². The molecule has 0 bridgehead atoms. The maximum absolute atomic E-state index is 11.8. The zero-order valence-electron chi connectivity index (χ0n) is 10.4. The van der Waals surface area contributed by atoms with Gasteiger partial charge in [0, 0.05) is 38.7 Å². The Bertz CT molecular complexity index is 440. The van der Waals surface area contributed by atoms with Gasteiger partial charge in [-0.05, 0) is 0 Å². The average molecular weight is 268 g/mol. The lowest BCUT2D eigenvalue weighted by atomic mass is 9.90. The Labute approximate surface area is 109 Å². The van der Waals surface area contributed by atoms with Crippen LogP contribution in [-0.4, -0.2) is 50.7 Å². The predicted molar refractivity (Wildman–Crippen MR) is 63.2 cm³/mol. The van der Waals surface area contributed by atoms with Crippen molar-refractivity contribution in [3.8, 4) is 0 Å². The number of aromatic nitrogens is 3. The Morgan fingerprint density at radius 2 is 2.16 bits per heavy atom. The highest BCUT2D eigenvalue weighted by molar-refractivity contribution is 5.87. The Morgan fingerprint density at radius 1 is 1.42 bits per heavy atom. The third-order valence-electron chi connectivity index (χ3n) is 3.17. The lowest BCUT2D eigenvalue weighted by Crippen LogP contribution is -2.57. The standard InChI is InChI=1S/C11H16N4O4/c16-9(1-5-15-6-4-12-14-15)13-11(10(17)18)2-7-19-8-3-11/h4,6H,1-3,5,7-8H2,(H,13,16)(H,17,18). The van der Waals surface area contributed by atoms with E-state index >= 15 is 0 Å². The van der Waals surface area contributed by atoms with Crippen molar-refractivity contribution < 1.29 is 19.4 Å². The summed E-state index contributed by atoms with van der Waals surface area (Å²) in [5.41, 5.74) is -1.20. The van der Waals surface area contributed by atoms with Crippen LogP contribution in [0.3, 0.4) is 0 Å². The number of nitrogens with zero attached hydrogens (tertiary/aromatic N) is 3. The van der Waals surface area contributed by atoms with Crippen molar-refractivity contribution in [2.24, 2.45) is 0 Å². The van der Waals surface area contributed by atoms with Crippen LogP contribution in [0.4, 0.5) is 0 Å². The molecular weight excluding hydrogens is 252 g/mol. The van der Waals surface area contributed by atoms with Crippen LogP contribution >= 0.6 is 0 Å². The van der Waals surface area contributed by atoms with Crippen LogP contribution in [0.15, 0.2) is 12.4 Å². The molecule has 0 aromatic carbocycles. The van der Waals surface area contributed by atoms with Gasteiger partial charge in [-0.1, -0.05) is 5.21 Å². The van der Waals surface area contributed by atoms with E-state index in [4.69, 9.17) is 4.74 Å². The van der Waals surface area contributed by atoms with E-state index in [1.807, 2.05) is 0 Å². The first-order valence-electron chi connectivity index (χ1n) is 6.09. The largest absolute Gasteiger partial charge is 0.480 e. The van der Waals surface area contributed by atoms with Gasteiger partial charge in [-0.15, -0.1) is 5.10 Å². The minimum atomic E-state index is -1.20. The van der Waals surface area contributed by atoms with Gasteiger partial charge in [-0.2, -0.15) is 0 Å². The molecule has 1 aliphatic rings. The number of rotatable bonds is 5. The number of amides is 1. The number of nitrogens with one attached hydrogen (secondary N) is 1. The number of carbonyl (C=O) groups is 2. The Morgan fingerprint density at radius 3 is 2.74 bits per heavy atom. The summed E-state index contributed by atoms with van der Waals surface area (Å²) in [6, 6.07) is 0. The van der Waals surface area contributed by atoms with Crippen LogP contribution in [0.25, 0.3) is 0 Å². The Balaban J connectivity index is 1.90. The van der Waals surface area contributed by atoms with Crippen molar-refractivity contribution in [2.75, 3.05) is 13.2 Å². The normalized spacial score (nSPS) is 17.9. The smallest absolute Gasteiger partial charge is 0.329 e. The van der Waals surface area contributed by atoms with Gasteiger partial charge in [0.25, 0.3) is 0 Å². The zero-order chi connectivity index (χ0) is 13.7. The van der Waals surface area contributed by atoms with Crippen molar-refractivity contribution in [3.05, 3.63) is 12.4 Å². The molecule has 1 aromatic heterocycles. The molecular formula is C11H16N4O4. The predicted octanol–water partition coefficient (Wildman–Crippen LogP) is -0.582. The van der Waals surface area contributed by atoms with Crippen LogP contribution in [0, 0.1) is 0 Å². The maximum atomic E-state index is 11.8. The first-order chi connectivity index (χ1) is 9.12. The van der Waals surface area contributed by atoms with Crippen LogP contribution in [0.1, 0.15) is 19.3 Å². The Hall–Kier alpha value is -1.96. The SMILES string of the molecule is O=C(CCn1ccnn1)NC1(C(=O)O)CCOCC1. The molecule has 104 valence electrons. The summed E-state index contributed by atoms with van der Waals surface area (Å²) in [6.07, 6.45) is 3.91. The number of aliphatic carboxylic acids is 1. The fourth-order valence-corrected chi connectivity index (χ4v) is 2.01. The van der Waals surface area contributed by atoms with E-state index in [1.165, 1.54) is 10.9 Å². The number of hydrogen-bond acceptors (Lipinski definition) is 5. The summed E-state index contributed by atoms with van der Waals surface area (Å²) in [7, 11) is 0. The van der Waals surface area contributed by atoms with Gasteiger partial charge in [-0.25, -0.2) is 4.79 Å². The molecule has 1 aliphatic heterocycles. The number of aryl methyl sites for hydroxylation is 1. The van der Waals surface area contributed by atoms with Gasteiger partial charge >= 0.3 is 5.97 Å². The first-order valence-corrected chi connectivity index (χ1v) is 6.09. The van der Waals surface area contributed by atoms with Crippen LogP contribution in [0.5, 0.6) is 0 Å². The molecule has 1 fully saturated rings. The fraction of sp³-hybridized carbons (Fsp3) is 0.636. The van der Waals surface area contributed by atoms with E-state index in [-0.39, 0.29) is 25.2 Å². The Kier molecular flexibility index (Phi) is 4.10. The number of carboxylic acid groups (broad SMARTS) is 1. The third kappa shape index (κ3) is 3.28. The van der Waals surface area contributed by atoms with E-state index in [0.717, 1.165) is 0 Å². The molecule has 0 unspecified atom stereocenters. The fourth-order valence-electron chi connectivity index (χ4n) is 2.01. The molecule has 8 nitrogen and oxygen atoms in total. The second-order valence-electron chi connectivity index (χ2n) is 4.46. The van der Waals surface area contributed by atoms with Gasteiger partial charge in [0.2, 0.25) is 5.91 Å². The van der Waals surface area contributed by atoms with Crippen molar-refractivity contribution in [2.45, 2.75) is 31.3 Å². The van der Waals surface area contributed by atoms with E-state index in [0.29, 0.717) is 19.8 Å². The second kappa shape index (κ2) is 5.79. The van der Waals surface area contributed by atoms with Gasteiger partial charge < -0.3 is 15.2 Å². The van der Waals surface area contributed by atoms with Crippen LogP contribution in [-0.2, 0) is 20.9 Å². The molecule has 8 heteroatoms. The molecule has 0 atom stereocenters. The van der Waals surface area contributed by atoms with Gasteiger partial charge in [0.05, 0.1) is 12.7 Å². The van der Waals surface area contributed by atoms with Crippen molar-refractivity contribution in [3.63, 3.8) is 0 Å². The van der Waals surface area contributed by atoms with E-state index < -0.39 is 11.5 Å². The topological polar surface area (TPSA) is 106 Å². The summed E-state index contributed by atoms with van der Waals surface area (Å²) in [6.45, 7) is 1.06. The van der Waals surface area contributed by atoms with Gasteiger partial charge in [0.1, 0.15) is 5.54 Å². The molecule has 0 spiro atoms. The van der Waals surface area contributed by atoms with Crippen LogP contribution in [0.2, 0.25) is 0 Å². The third-order valence-corrected chi connectivity index (χ3v) is 3.17. The summed E-state index contributed by atoms with van der Waals surface area (Å²) in [4.78, 5) is 23.2. The highest BCUT2D eigenvalue weighted by Crippen LogP contribution is 2.21. The second-order valence-corrected chi connectivity index (χ2v) is 4.46. The molecule has 2 heterocycles. The monoisotopic (exact) mass is 268 g/mol. The molecule has 19 heavy (non-hydrogen) atoms.